The van der Waals surface area contributed by atoms with Gasteiger partial charge in [0.2, 0.25) is 5.78 Å². The van der Waals surface area contributed by atoms with Crippen molar-refractivity contribution in [2.45, 2.75) is 47.6 Å². The average molecular weight is 556 g/mol. The molecule has 0 fully saturated rings. The third kappa shape index (κ3) is 4.95. The molecule has 1 aromatic carbocycles. The van der Waals surface area contributed by atoms with Crippen molar-refractivity contribution in [2.24, 2.45) is 5.92 Å². The molecule has 9 nitrogen and oxygen atoms in total. The van der Waals surface area contributed by atoms with Crippen LogP contribution in [0.15, 0.2) is 29.5 Å². The molecule has 1 aliphatic rings. The number of aliphatic hydroxyl groups is 1. The molecule has 200 valence electrons. The molecule has 0 spiro atoms. The number of aromatic nitrogens is 2. The predicted octanol–water partition coefficient (Wildman–Crippen LogP) is 5.55. The zero-order valence-corrected chi connectivity index (χ0v) is 23.9. The zero-order chi connectivity index (χ0) is 27.9. The number of carbonyl (C=O) groups is 3. The van der Waals surface area contributed by atoms with Crippen LogP contribution in [-0.4, -0.2) is 46.3 Å². The first kappa shape index (κ1) is 27.5. The van der Waals surface area contributed by atoms with E-state index in [0.717, 1.165) is 11.3 Å². The molecule has 1 amide bonds. The maximum Gasteiger partial charge on any atom is 0.296 e. The second-order valence-corrected chi connectivity index (χ2v) is 11.6. The number of Topliss-reactive ketones (excluding diaryl/α,β-unsaturated/α-hetero) is 2. The van der Waals surface area contributed by atoms with Crippen LogP contribution in [0, 0.1) is 26.7 Å². The zero-order valence-electron chi connectivity index (χ0n) is 22.2. The van der Waals surface area contributed by atoms with Gasteiger partial charge >= 0.3 is 0 Å². The SMILES string of the molecule is COc1cc(C2C(C(=O)c3sc(C)nc3C)=C(O)C(=O)N2c2nc(C)c(C(C)=O)s2)ccc1OCC(C)C. The summed E-state index contributed by atoms with van der Waals surface area (Å²) >= 11 is 2.24. The molecule has 1 N–H and O–H groups in total. The van der Waals surface area contributed by atoms with E-state index in [1.165, 1.54) is 30.3 Å². The first-order valence-electron chi connectivity index (χ1n) is 12.0. The third-order valence-electron chi connectivity index (χ3n) is 5.95. The molecule has 38 heavy (non-hydrogen) atoms. The molecule has 0 radical (unpaired) electrons. The van der Waals surface area contributed by atoms with Gasteiger partial charge in [-0.15, -0.1) is 11.3 Å². The lowest BCUT2D eigenvalue weighted by atomic mass is 9.95. The van der Waals surface area contributed by atoms with Gasteiger partial charge in [-0.2, -0.15) is 0 Å². The maximum atomic E-state index is 13.8. The van der Waals surface area contributed by atoms with Crippen molar-refractivity contribution >= 4 is 45.3 Å². The number of ether oxygens (including phenoxy) is 2. The number of aryl methyl sites for hydroxylation is 3. The molecule has 11 heteroatoms. The quantitative estimate of drug-likeness (QED) is 0.341. The highest BCUT2D eigenvalue weighted by Crippen LogP contribution is 2.46. The second kappa shape index (κ2) is 10.7. The number of benzene rings is 1. The number of anilines is 1. The smallest absolute Gasteiger partial charge is 0.296 e. The Morgan fingerprint density at radius 2 is 1.76 bits per heavy atom. The van der Waals surface area contributed by atoms with E-state index in [1.54, 1.807) is 39.0 Å². The van der Waals surface area contributed by atoms with Gasteiger partial charge in [0, 0.05) is 6.92 Å². The van der Waals surface area contributed by atoms with Crippen LogP contribution < -0.4 is 14.4 Å². The Morgan fingerprint density at radius 3 is 2.32 bits per heavy atom. The summed E-state index contributed by atoms with van der Waals surface area (Å²) in [4.78, 5) is 50.3. The molecule has 1 aliphatic heterocycles. The number of hydrogen-bond acceptors (Lipinski definition) is 10. The van der Waals surface area contributed by atoms with Crippen LogP contribution in [-0.2, 0) is 4.79 Å². The normalized spacial score (nSPS) is 15.5. The molecule has 0 bridgehead atoms. The molecule has 4 rings (SSSR count). The van der Waals surface area contributed by atoms with E-state index in [2.05, 4.69) is 9.97 Å². The van der Waals surface area contributed by atoms with Crippen molar-refractivity contribution in [3.05, 3.63) is 61.2 Å². The minimum absolute atomic E-state index is 0.0862. The van der Waals surface area contributed by atoms with Crippen LogP contribution in [0.1, 0.15) is 68.1 Å². The van der Waals surface area contributed by atoms with Crippen LogP contribution in [0.25, 0.3) is 0 Å². The van der Waals surface area contributed by atoms with E-state index >= 15 is 0 Å². The number of nitrogens with zero attached hydrogens (tertiary/aromatic N) is 3. The van der Waals surface area contributed by atoms with Crippen LogP contribution in [0.4, 0.5) is 5.13 Å². The number of ketones is 2. The Bertz CT molecular complexity index is 1470. The van der Waals surface area contributed by atoms with Gasteiger partial charge in [0.05, 0.1) is 51.5 Å². The number of thiazole rings is 2. The van der Waals surface area contributed by atoms with Crippen molar-refractivity contribution in [3.63, 3.8) is 0 Å². The fourth-order valence-electron chi connectivity index (χ4n) is 4.26. The number of hydrogen-bond donors (Lipinski definition) is 1. The molecule has 0 saturated carbocycles. The van der Waals surface area contributed by atoms with Crippen LogP contribution in [0.5, 0.6) is 11.5 Å². The van der Waals surface area contributed by atoms with E-state index in [0.29, 0.717) is 55.7 Å². The van der Waals surface area contributed by atoms with Gasteiger partial charge in [0.25, 0.3) is 5.91 Å². The van der Waals surface area contributed by atoms with E-state index in [9.17, 15) is 19.5 Å². The highest BCUT2D eigenvalue weighted by Gasteiger charge is 2.47. The third-order valence-corrected chi connectivity index (χ3v) is 8.28. The maximum absolute atomic E-state index is 13.8. The van der Waals surface area contributed by atoms with Crippen LogP contribution >= 0.6 is 22.7 Å². The number of amides is 1. The lowest BCUT2D eigenvalue weighted by Crippen LogP contribution is -2.31. The van der Waals surface area contributed by atoms with Gasteiger partial charge in [-0.05, 0) is 44.4 Å². The van der Waals surface area contributed by atoms with Crippen molar-refractivity contribution in [1.82, 2.24) is 9.97 Å². The van der Waals surface area contributed by atoms with E-state index in [-0.39, 0.29) is 16.5 Å². The van der Waals surface area contributed by atoms with Crippen LogP contribution in [0.3, 0.4) is 0 Å². The summed E-state index contributed by atoms with van der Waals surface area (Å²) in [6.45, 7) is 11.1. The highest BCUT2D eigenvalue weighted by atomic mass is 32.1. The molecule has 3 heterocycles. The highest BCUT2D eigenvalue weighted by molar-refractivity contribution is 7.18. The number of methoxy groups -OCH3 is 1. The standard InChI is InChI=1S/C27H29N3O6S2/c1-12(2)11-36-18-9-8-17(10-19(18)35-7)21-20(22(32)25-14(4)28-16(6)37-25)23(33)26(34)30(21)27-29-13(3)24(38-27)15(5)31/h8-10,12,21,33H,11H2,1-7H3. The van der Waals surface area contributed by atoms with E-state index in [1.807, 2.05) is 13.8 Å². The average Bonchev–Trinajstić information content (AvgIpc) is 3.49. The molecule has 3 aromatic rings. The van der Waals surface area contributed by atoms with Gasteiger partial charge in [0.15, 0.2) is 28.2 Å². The predicted molar refractivity (Wildman–Crippen MR) is 146 cm³/mol. The Morgan fingerprint density at radius 1 is 1.08 bits per heavy atom. The summed E-state index contributed by atoms with van der Waals surface area (Å²) in [5.74, 6) is -0.904. The second-order valence-electron chi connectivity index (χ2n) is 9.40. The molecule has 0 saturated heterocycles. The van der Waals surface area contributed by atoms with Gasteiger partial charge in [-0.25, -0.2) is 9.97 Å². The molecule has 2 aromatic heterocycles. The minimum atomic E-state index is -1.02. The fourth-order valence-corrected chi connectivity index (χ4v) is 6.12. The summed E-state index contributed by atoms with van der Waals surface area (Å²) < 4.78 is 11.5. The summed E-state index contributed by atoms with van der Waals surface area (Å²) in [5.41, 5.74) is 1.40. The Hall–Kier alpha value is -3.57. The van der Waals surface area contributed by atoms with Gasteiger partial charge in [-0.1, -0.05) is 31.3 Å². The molecular weight excluding hydrogens is 526 g/mol. The number of rotatable bonds is 9. The van der Waals surface area contributed by atoms with E-state index in [4.69, 9.17) is 9.47 Å². The summed E-state index contributed by atoms with van der Waals surface area (Å²) in [6.07, 6.45) is 0. The van der Waals surface area contributed by atoms with Gasteiger partial charge in [-0.3, -0.25) is 19.3 Å². The number of carbonyl (C=O) groups excluding carboxylic acids is 3. The van der Waals surface area contributed by atoms with Crippen molar-refractivity contribution < 1.29 is 29.0 Å². The molecule has 1 unspecified atom stereocenters. The van der Waals surface area contributed by atoms with Crippen molar-refractivity contribution in [1.29, 1.82) is 0 Å². The van der Waals surface area contributed by atoms with Crippen LogP contribution in [0.2, 0.25) is 0 Å². The molecule has 1 atom stereocenters. The van der Waals surface area contributed by atoms with Gasteiger partial charge < -0.3 is 14.6 Å². The van der Waals surface area contributed by atoms with Crippen molar-refractivity contribution in [3.8, 4) is 11.5 Å². The molecule has 0 aliphatic carbocycles. The summed E-state index contributed by atoms with van der Waals surface area (Å²) in [6, 6.07) is 4.11. The van der Waals surface area contributed by atoms with Gasteiger partial charge in [0.1, 0.15) is 0 Å². The lowest BCUT2D eigenvalue weighted by molar-refractivity contribution is -0.117. The first-order valence-corrected chi connectivity index (χ1v) is 13.6. The lowest BCUT2D eigenvalue weighted by Gasteiger charge is -2.25. The topological polar surface area (TPSA) is 119 Å². The minimum Gasteiger partial charge on any atom is -0.503 e. The van der Waals surface area contributed by atoms with Crippen molar-refractivity contribution in [2.75, 3.05) is 18.6 Å². The first-order chi connectivity index (χ1) is 17.9. The Kier molecular flexibility index (Phi) is 7.70. The number of aliphatic hydroxyl groups excluding tert-OH is 1. The summed E-state index contributed by atoms with van der Waals surface area (Å²) in [7, 11) is 1.51. The largest absolute Gasteiger partial charge is 0.503 e. The monoisotopic (exact) mass is 555 g/mol. The fraction of sp³-hybridized carbons (Fsp3) is 0.370. The Balaban J connectivity index is 1.89. The molecular formula is C27H29N3O6S2. The Labute approximate surface area is 228 Å². The summed E-state index contributed by atoms with van der Waals surface area (Å²) in [5, 5.41) is 12.0. The van der Waals surface area contributed by atoms with E-state index < -0.39 is 23.5 Å².